The van der Waals surface area contributed by atoms with E-state index in [1.54, 1.807) is 36.4 Å². The lowest BCUT2D eigenvalue weighted by Gasteiger charge is -2.17. The normalized spacial score (nSPS) is 14.2. The van der Waals surface area contributed by atoms with Gasteiger partial charge < -0.3 is 15.3 Å². The highest BCUT2D eigenvalue weighted by Crippen LogP contribution is 2.27. The zero-order chi connectivity index (χ0) is 21.3. The van der Waals surface area contributed by atoms with E-state index in [-0.39, 0.29) is 18.3 Å². The van der Waals surface area contributed by atoms with Gasteiger partial charge in [-0.15, -0.1) is 0 Å². The van der Waals surface area contributed by atoms with Gasteiger partial charge in [0.15, 0.2) is 5.78 Å². The number of amides is 1. The molecule has 5 nitrogen and oxygen atoms in total. The molecule has 1 saturated carbocycles. The molecule has 0 aliphatic heterocycles. The van der Waals surface area contributed by atoms with Crippen LogP contribution in [0.15, 0.2) is 54.6 Å². The van der Waals surface area contributed by atoms with Crippen molar-refractivity contribution in [3.8, 4) is 0 Å². The average Bonchev–Trinajstić information content (AvgIpc) is 3.26. The van der Waals surface area contributed by atoms with Crippen LogP contribution in [-0.2, 0) is 4.79 Å². The molecule has 1 fully saturated rings. The minimum absolute atomic E-state index is 0.0500. The maximum Gasteiger partial charge on any atom is 0.224 e. The number of carbonyl (C=O) groups excluding carboxylic acids is 2. The standard InChI is InChI=1S/C25H30N2O3/c1-27(16-17-28)23-13-6-19(7-14-23)8-15-24(29)21-9-11-22(12-10-21)26-25(30)18-20-4-2-3-5-20/h6-15,20,28H,2-5,16-18H2,1H3,(H,26,30)/b15-8+. The molecule has 2 aromatic rings. The lowest BCUT2D eigenvalue weighted by atomic mass is 10.0. The van der Waals surface area contributed by atoms with Crippen LogP contribution < -0.4 is 10.2 Å². The van der Waals surface area contributed by atoms with Gasteiger partial charge in [0.25, 0.3) is 0 Å². The molecule has 3 rings (SSSR count). The van der Waals surface area contributed by atoms with E-state index in [2.05, 4.69) is 5.32 Å². The minimum atomic E-state index is -0.0830. The number of hydrogen-bond donors (Lipinski definition) is 2. The predicted octanol–water partition coefficient (Wildman–Crippen LogP) is 4.53. The Morgan fingerprint density at radius 2 is 1.73 bits per heavy atom. The first kappa shape index (κ1) is 21.8. The number of likely N-dealkylation sites (N-methyl/N-ethyl adjacent to an activating group) is 1. The molecule has 1 amide bonds. The van der Waals surface area contributed by atoms with Crippen LogP contribution in [0.25, 0.3) is 6.08 Å². The van der Waals surface area contributed by atoms with Gasteiger partial charge in [-0.25, -0.2) is 0 Å². The molecule has 0 atom stereocenters. The largest absolute Gasteiger partial charge is 0.395 e. The number of nitrogens with one attached hydrogen (secondary N) is 1. The first-order valence-corrected chi connectivity index (χ1v) is 10.6. The number of rotatable bonds is 9. The van der Waals surface area contributed by atoms with Crippen LogP contribution in [0.1, 0.15) is 48.0 Å². The Labute approximate surface area is 178 Å². The number of ketones is 1. The van der Waals surface area contributed by atoms with Crippen molar-refractivity contribution in [3.63, 3.8) is 0 Å². The Kier molecular flexibility index (Phi) is 7.80. The molecule has 0 spiro atoms. The van der Waals surface area contributed by atoms with E-state index in [4.69, 9.17) is 5.11 Å². The van der Waals surface area contributed by atoms with Crippen LogP contribution >= 0.6 is 0 Å². The second-order valence-electron chi connectivity index (χ2n) is 7.91. The van der Waals surface area contributed by atoms with Crippen molar-refractivity contribution in [2.75, 3.05) is 30.4 Å². The number of carbonyl (C=O) groups is 2. The molecule has 0 radical (unpaired) electrons. The summed E-state index contributed by atoms with van der Waals surface area (Å²) < 4.78 is 0. The van der Waals surface area contributed by atoms with Crippen LogP contribution in [0.5, 0.6) is 0 Å². The van der Waals surface area contributed by atoms with Crippen molar-refractivity contribution in [1.29, 1.82) is 0 Å². The van der Waals surface area contributed by atoms with Crippen molar-refractivity contribution in [2.45, 2.75) is 32.1 Å². The molecule has 158 valence electrons. The second kappa shape index (κ2) is 10.7. The Hall–Kier alpha value is -2.92. The van der Waals surface area contributed by atoms with Gasteiger partial charge in [0, 0.05) is 37.0 Å². The highest BCUT2D eigenvalue weighted by atomic mass is 16.3. The van der Waals surface area contributed by atoms with Crippen molar-refractivity contribution in [3.05, 3.63) is 65.7 Å². The van der Waals surface area contributed by atoms with Gasteiger partial charge in [0.2, 0.25) is 5.91 Å². The van der Waals surface area contributed by atoms with Crippen LogP contribution in [0.3, 0.4) is 0 Å². The number of anilines is 2. The zero-order valence-corrected chi connectivity index (χ0v) is 17.5. The van der Waals surface area contributed by atoms with Crippen molar-refractivity contribution in [1.82, 2.24) is 0 Å². The van der Waals surface area contributed by atoms with Crippen molar-refractivity contribution >= 4 is 29.1 Å². The predicted molar refractivity (Wildman–Crippen MR) is 122 cm³/mol. The maximum absolute atomic E-state index is 12.4. The topological polar surface area (TPSA) is 69.6 Å². The maximum atomic E-state index is 12.4. The van der Waals surface area contributed by atoms with Gasteiger partial charge in [-0.2, -0.15) is 0 Å². The Balaban J connectivity index is 1.53. The summed E-state index contributed by atoms with van der Waals surface area (Å²) in [5, 5.41) is 11.9. The first-order valence-electron chi connectivity index (χ1n) is 10.6. The van der Waals surface area contributed by atoms with Gasteiger partial charge >= 0.3 is 0 Å². The molecule has 30 heavy (non-hydrogen) atoms. The molecule has 0 saturated heterocycles. The monoisotopic (exact) mass is 406 g/mol. The molecule has 1 aliphatic rings. The summed E-state index contributed by atoms with van der Waals surface area (Å²) in [7, 11) is 1.92. The van der Waals surface area contributed by atoms with Gasteiger partial charge in [0.05, 0.1) is 6.61 Å². The van der Waals surface area contributed by atoms with E-state index in [0.717, 1.165) is 29.8 Å². The first-order chi connectivity index (χ1) is 14.5. The quantitative estimate of drug-likeness (QED) is 0.474. The van der Waals surface area contributed by atoms with Gasteiger partial charge in [-0.05, 0) is 66.8 Å². The molecule has 0 aromatic heterocycles. The fourth-order valence-corrected chi connectivity index (χ4v) is 3.79. The van der Waals surface area contributed by atoms with Crippen LogP contribution in [0.4, 0.5) is 11.4 Å². The molecule has 5 heteroatoms. The number of aliphatic hydroxyl groups excluding tert-OH is 1. The highest BCUT2D eigenvalue weighted by molar-refractivity contribution is 6.07. The summed E-state index contributed by atoms with van der Waals surface area (Å²) in [5.41, 5.74) is 3.25. The zero-order valence-electron chi connectivity index (χ0n) is 17.5. The highest BCUT2D eigenvalue weighted by Gasteiger charge is 2.18. The second-order valence-corrected chi connectivity index (χ2v) is 7.91. The SMILES string of the molecule is CN(CCO)c1ccc(/C=C/C(=O)c2ccc(NC(=O)CC3CCCC3)cc2)cc1. The lowest BCUT2D eigenvalue weighted by Crippen LogP contribution is -2.20. The lowest BCUT2D eigenvalue weighted by molar-refractivity contribution is -0.117. The van der Waals surface area contributed by atoms with E-state index in [9.17, 15) is 9.59 Å². The number of allylic oxidation sites excluding steroid dienone is 1. The number of nitrogens with zero attached hydrogens (tertiary/aromatic N) is 1. The third-order valence-electron chi connectivity index (χ3n) is 5.60. The molecule has 2 aromatic carbocycles. The minimum Gasteiger partial charge on any atom is -0.395 e. The summed E-state index contributed by atoms with van der Waals surface area (Å²) in [6.45, 7) is 0.681. The van der Waals surface area contributed by atoms with E-state index in [0.29, 0.717) is 24.4 Å². The molecular weight excluding hydrogens is 376 g/mol. The molecule has 2 N–H and O–H groups in total. The number of aliphatic hydroxyl groups is 1. The number of hydrogen-bond acceptors (Lipinski definition) is 4. The average molecular weight is 407 g/mol. The van der Waals surface area contributed by atoms with Gasteiger partial charge in [-0.3, -0.25) is 9.59 Å². The van der Waals surface area contributed by atoms with Gasteiger partial charge in [-0.1, -0.05) is 31.1 Å². The smallest absolute Gasteiger partial charge is 0.224 e. The molecule has 0 unspecified atom stereocenters. The third kappa shape index (κ3) is 6.29. The summed E-state index contributed by atoms with van der Waals surface area (Å²) in [6, 6.07) is 14.8. The van der Waals surface area contributed by atoms with E-state index < -0.39 is 0 Å². The Morgan fingerprint density at radius 1 is 1.07 bits per heavy atom. The van der Waals surface area contributed by atoms with E-state index in [1.807, 2.05) is 36.2 Å². The Bertz CT molecular complexity index is 866. The molecular formula is C25H30N2O3. The third-order valence-corrected chi connectivity index (χ3v) is 5.60. The summed E-state index contributed by atoms with van der Waals surface area (Å²) in [6.07, 6.45) is 8.68. The summed E-state index contributed by atoms with van der Waals surface area (Å²) in [5.74, 6) is 0.481. The molecule has 0 heterocycles. The summed E-state index contributed by atoms with van der Waals surface area (Å²) >= 11 is 0. The van der Waals surface area contributed by atoms with Crippen molar-refractivity contribution in [2.24, 2.45) is 5.92 Å². The fourth-order valence-electron chi connectivity index (χ4n) is 3.79. The number of benzene rings is 2. The molecule has 0 bridgehead atoms. The van der Waals surface area contributed by atoms with Crippen LogP contribution in [-0.4, -0.2) is 37.0 Å². The summed E-state index contributed by atoms with van der Waals surface area (Å²) in [4.78, 5) is 26.5. The Morgan fingerprint density at radius 3 is 2.37 bits per heavy atom. The van der Waals surface area contributed by atoms with Crippen LogP contribution in [0.2, 0.25) is 0 Å². The molecule has 1 aliphatic carbocycles. The van der Waals surface area contributed by atoms with Crippen molar-refractivity contribution < 1.29 is 14.7 Å². The van der Waals surface area contributed by atoms with E-state index in [1.165, 1.54) is 12.8 Å². The van der Waals surface area contributed by atoms with Gasteiger partial charge in [0.1, 0.15) is 0 Å². The fraction of sp³-hybridized carbons (Fsp3) is 0.360. The van der Waals surface area contributed by atoms with Crippen LogP contribution in [0, 0.1) is 5.92 Å². The van der Waals surface area contributed by atoms with E-state index >= 15 is 0 Å².